The van der Waals surface area contributed by atoms with E-state index in [1.165, 1.54) is 11.1 Å². The zero-order valence-corrected chi connectivity index (χ0v) is 15.0. The highest BCUT2D eigenvalue weighted by Gasteiger charge is 2.35. The van der Waals surface area contributed by atoms with Crippen LogP contribution in [0.25, 0.3) is 0 Å². The Morgan fingerprint density at radius 1 is 1.24 bits per heavy atom. The van der Waals surface area contributed by atoms with Gasteiger partial charge < -0.3 is 5.11 Å². The average Bonchev–Trinajstić information content (AvgIpc) is 2.64. The van der Waals surface area contributed by atoms with Crippen molar-refractivity contribution in [2.24, 2.45) is 0 Å². The van der Waals surface area contributed by atoms with E-state index in [-0.39, 0.29) is 6.04 Å². The van der Waals surface area contributed by atoms with Gasteiger partial charge in [0.25, 0.3) is 0 Å². The third-order valence-electron chi connectivity index (χ3n) is 5.09. The summed E-state index contributed by atoms with van der Waals surface area (Å²) in [4.78, 5) is 18.6. The fraction of sp³-hybridized carbons (Fsp3) is 0.429. The molecular formula is C21H26N2O2. The van der Waals surface area contributed by atoms with E-state index in [1.54, 1.807) is 0 Å². The van der Waals surface area contributed by atoms with Crippen LogP contribution in [0.3, 0.4) is 0 Å². The number of rotatable bonds is 5. The number of benzene rings is 1. The van der Waals surface area contributed by atoms with E-state index >= 15 is 0 Å². The molecule has 1 saturated heterocycles. The first kappa shape index (κ1) is 17.6. The number of carbonyl (C=O) groups is 1. The van der Waals surface area contributed by atoms with Gasteiger partial charge in [-0.3, -0.25) is 14.7 Å². The van der Waals surface area contributed by atoms with Gasteiger partial charge in [0.2, 0.25) is 0 Å². The van der Waals surface area contributed by atoms with E-state index in [0.29, 0.717) is 6.42 Å². The molecule has 1 aliphatic rings. The lowest BCUT2D eigenvalue weighted by atomic mass is 9.93. The Morgan fingerprint density at radius 2 is 2.00 bits per heavy atom. The van der Waals surface area contributed by atoms with Crippen LogP contribution in [0.4, 0.5) is 0 Å². The van der Waals surface area contributed by atoms with Gasteiger partial charge in [-0.25, -0.2) is 0 Å². The first-order valence-corrected chi connectivity index (χ1v) is 9.10. The number of piperidine rings is 1. The molecule has 0 aliphatic carbocycles. The molecule has 2 unspecified atom stereocenters. The minimum Gasteiger partial charge on any atom is -0.480 e. The number of nitrogens with zero attached hydrogens (tertiary/aromatic N) is 2. The molecule has 4 heteroatoms. The zero-order valence-electron chi connectivity index (χ0n) is 15.0. The lowest BCUT2D eigenvalue weighted by Gasteiger charge is -2.39. The molecule has 1 N–H and O–H groups in total. The van der Waals surface area contributed by atoms with Gasteiger partial charge in [0.05, 0.1) is 11.7 Å². The van der Waals surface area contributed by atoms with Crippen LogP contribution >= 0.6 is 0 Å². The number of pyridine rings is 1. The lowest BCUT2D eigenvalue weighted by molar-refractivity contribution is -0.145. The summed E-state index contributed by atoms with van der Waals surface area (Å²) < 4.78 is 0. The van der Waals surface area contributed by atoms with Crippen LogP contribution in [-0.2, 0) is 11.2 Å². The van der Waals surface area contributed by atoms with Crippen molar-refractivity contribution in [2.75, 3.05) is 6.54 Å². The predicted octanol–water partition coefficient (Wildman–Crippen LogP) is 3.98. The van der Waals surface area contributed by atoms with Crippen LogP contribution in [0.5, 0.6) is 0 Å². The van der Waals surface area contributed by atoms with E-state index in [9.17, 15) is 9.90 Å². The first-order valence-electron chi connectivity index (χ1n) is 9.10. The summed E-state index contributed by atoms with van der Waals surface area (Å²) >= 11 is 0. The molecular weight excluding hydrogens is 312 g/mol. The maximum absolute atomic E-state index is 11.8. The van der Waals surface area contributed by atoms with Crippen molar-refractivity contribution >= 4 is 5.97 Å². The number of likely N-dealkylation sites (tertiary alicyclic amines) is 1. The maximum atomic E-state index is 11.8. The number of hydrogen-bond donors (Lipinski definition) is 1. The second-order valence-corrected chi connectivity index (χ2v) is 6.85. The predicted molar refractivity (Wildman–Crippen MR) is 98.6 cm³/mol. The van der Waals surface area contributed by atoms with Crippen LogP contribution in [-0.4, -0.2) is 33.5 Å². The fourth-order valence-corrected chi connectivity index (χ4v) is 3.62. The summed E-state index contributed by atoms with van der Waals surface area (Å²) in [6, 6.07) is 12.0. The number of aromatic nitrogens is 1. The van der Waals surface area contributed by atoms with Crippen molar-refractivity contribution in [3.05, 3.63) is 65.0 Å². The van der Waals surface area contributed by atoms with Crippen LogP contribution in [0.15, 0.2) is 42.6 Å². The summed E-state index contributed by atoms with van der Waals surface area (Å²) in [6.45, 7) is 4.96. The number of carboxylic acids is 1. The monoisotopic (exact) mass is 338 g/mol. The van der Waals surface area contributed by atoms with Crippen LogP contribution < -0.4 is 0 Å². The molecule has 25 heavy (non-hydrogen) atoms. The van der Waals surface area contributed by atoms with Gasteiger partial charge in [0, 0.05) is 6.20 Å². The molecule has 0 bridgehead atoms. The number of aliphatic carboxylic acids is 1. The molecule has 1 aliphatic heterocycles. The Bertz CT molecular complexity index is 710. The Kier molecular flexibility index (Phi) is 5.49. The lowest BCUT2D eigenvalue weighted by Crippen LogP contribution is -2.47. The van der Waals surface area contributed by atoms with Gasteiger partial charge in [-0.15, -0.1) is 0 Å². The Morgan fingerprint density at radius 3 is 2.60 bits per heavy atom. The Labute approximate surface area is 149 Å². The maximum Gasteiger partial charge on any atom is 0.320 e. The quantitative estimate of drug-likeness (QED) is 0.896. The van der Waals surface area contributed by atoms with Gasteiger partial charge in [-0.05, 0) is 49.9 Å². The first-order chi connectivity index (χ1) is 12.1. The third-order valence-corrected chi connectivity index (χ3v) is 5.09. The molecule has 2 atom stereocenters. The summed E-state index contributed by atoms with van der Waals surface area (Å²) in [5.41, 5.74) is 4.43. The molecule has 2 heterocycles. The second-order valence-electron chi connectivity index (χ2n) is 6.85. The van der Waals surface area contributed by atoms with Gasteiger partial charge in [-0.2, -0.15) is 0 Å². The molecule has 4 nitrogen and oxygen atoms in total. The van der Waals surface area contributed by atoms with Gasteiger partial charge in [0.15, 0.2) is 0 Å². The van der Waals surface area contributed by atoms with Crippen LogP contribution in [0.2, 0.25) is 0 Å². The minimum atomic E-state index is -0.734. The standard InChI is InChI=1S/C21H26N2O2/c1-3-16-9-12-18(22-14-16)20(17-10-7-15(2)8-11-17)23-13-5-4-6-19(23)21(24)25/h7-12,14,19-20H,3-6,13H2,1-2H3,(H,24,25). The molecule has 132 valence electrons. The number of aryl methyl sites for hydroxylation is 2. The number of hydrogen-bond acceptors (Lipinski definition) is 3. The van der Waals surface area contributed by atoms with E-state index in [2.05, 4.69) is 60.1 Å². The van der Waals surface area contributed by atoms with Crippen LogP contribution in [0.1, 0.15) is 54.6 Å². The number of carboxylic acid groups (broad SMARTS) is 1. The summed E-state index contributed by atoms with van der Waals surface area (Å²) in [5.74, 6) is -0.734. The third kappa shape index (κ3) is 3.90. The highest BCUT2D eigenvalue weighted by molar-refractivity contribution is 5.73. The van der Waals surface area contributed by atoms with Crippen molar-refractivity contribution in [1.82, 2.24) is 9.88 Å². The average molecular weight is 338 g/mol. The van der Waals surface area contributed by atoms with E-state index < -0.39 is 12.0 Å². The van der Waals surface area contributed by atoms with E-state index in [0.717, 1.165) is 37.1 Å². The van der Waals surface area contributed by atoms with Gasteiger partial charge >= 0.3 is 5.97 Å². The summed E-state index contributed by atoms with van der Waals surface area (Å²) in [5, 5.41) is 9.72. The van der Waals surface area contributed by atoms with Crippen LogP contribution in [0, 0.1) is 6.92 Å². The molecule has 1 fully saturated rings. The highest BCUT2D eigenvalue weighted by Crippen LogP contribution is 2.33. The fourth-order valence-electron chi connectivity index (χ4n) is 3.62. The van der Waals surface area contributed by atoms with Crippen molar-refractivity contribution in [3.63, 3.8) is 0 Å². The minimum absolute atomic E-state index is 0.118. The Balaban J connectivity index is 2.03. The van der Waals surface area contributed by atoms with Crippen molar-refractivity contribution < 1.29 is 9.90 Å². The Hall–Kier alpha value is -2.20. The van der Waals surface area contributed by atoms with Crippen molar-refractivity contribution in [1.29, 1.82) is 0 Å². The molecule has 0 spiro atoms. The van der Waals surface area contributed by atoms with E-state index in [1.807, 2.05) is 6.20 Å². The van der Waals surface area contributed by atoms with E-state index in [4.69, 9.17) is 0 Å². The molecule has 1 aromatic heterocycles. The van der Waals surface area contributed by atoms with Gasteiger partial charge in [-0.1, -0.05) is 49.2 Å². The molecule has 0 saturated carbocycles. The zero-order chi connectivity index (χ0) is 17.8. The SMILES string of the molecule is CCc1ccc(C(c2ccc(C)cc2)N2CCCCC2C(=O)O)nc1. The molecule has 2 aromatic rings. The second kappa shape index (κ2) is 7.79. The molecule has 1 aromatic carbocycles. The smallest absolute Gasteiger partial charge is 0.320 e. The molecule has 0 radical (unpaired) electrons. The van der Waals surface area contributed by atoms with Gasteiger partial charge in [0.1, 0.15) is 6.04 Å². The van der Waals surface area contributed by atoms with Crippen molar-refractivity contribution in [2.45, 2.75) is 51.6 Å². The highest BCUT2D eigenvalue weighted by atomic mass is 16.4. The normalized spacial score (nSPS) is 19.5. The van der Waals surface area contributed by atoms with Crippen molar-refractivity contribution in [3.8, 4) is 0 Å². The topological polar surface area (TPSA) is 53.4 Å². The molecule has 0 amide bonds. The summed E-state index contributed by atoms with van der Waals surface area (Å²) in [7, 11) is 0. The largest absolute Gasteiger partial charge is 0.480 e. The summed E-state index contributed by atoms with van der Waals surface area (Å²) in [6.07, 6.45) is 5.56. The molecule has 3 rings (SSSR count).